The molecule has 1 aliphatic rings. The summed E-state index contributed by atoms with van der Waals surface area (Å²) in [5, 5.41) is 18.4. The van der Waals surface area contributed by atoms with Crippen LogP contribution >= 0.6 is 11.5 Å². The van der Waals surface area contributed by atoms with Crippen LogP contribution in [0, 0.1) is 0 Å². The average molecular weight is 285 g/mol. The van der Waals surface area contributed by atoms with Crippen LogP contribution in [0.15, 0.2) is 0 Å². The van der Waals surface area contributed by atoms with E-state index in [0.717, 1.165) is 43.3 Å². The monoisotopic (exact) mass is 285 g/mol. The summed E-state index contributed by atoms with van der Waals surface area (Å²) in [6.45, 7) is 5.39. The van der Waals surface area contributed by atoms with Gasteiger partial charge in [-0.1, -0.05) is 4.49 Å². The van der Waals surface area contributed by atoms with Gasteiger partial charge in [0.05, 0.1) is 6.10 Å². The second-order valence-electron chi connectivity index (χ2n) is 5.31. The number of nitrogens with zero attached hydrogens (tertiary/aromatic N) is 4. The topological polar surface area (TPSA) is 64.5 Å². The molecule has 2 N–H and O–H groups in total. The van der Waals surface area contributed by atoms with Crippen molar-refractivity contribution in [2.24, 2.45) is 0 Å². The molecule has 0 spiro atoms. The Bertz CT molecular complexity index is 397. The molecule has 0 amide bonds. The molecular weight excluding hydrogens is 262 g/mol. The second-order valence-corrected chi connectivity index (χ2v) is 6.07. The third-order valence-corrected chi connectivity index (χ3v) is 4.05. The van der Waals surface area contributed by atoms with Gasteiger partial charge in [-0.2, -0.15) is 0 Å². The van der Waals surface area contributed by atoms with E-state index in [2.05, 4.69) is 45.7 Å². The maximum atomic E-state index is 9.87. The molecule has 108 valence electrons. The number of aliphatic hydroxyl groups excluding tert-OH is 1. The minimum Gasteiger partial charge on any atom is -0.392 e. The molecule has 2 rings (SSSR count). The van der Waals surface area contributed by atoms with Gasteiger partial charge in [0.1, 0.15) is 10.7 Å². The molecular formula is C12H23N5OS. The van der Waals surface area contributed by atoms with Crippen molar-refractivity contribution in [1.29, 1.82) is 0 Å². The summed E-state index contributed by atoms with van der Waals surface area (Å²) in [6.07, 6.45) is 0.617. The van der Waals surface area contributed by atoms with Crippen LogP contribution < -0.4 is 5.32 Å². The van der Waals surface area contributed by atoms with E-state index in [-0.39, 0.29) is 6.10 Å². The summed E-state index contributed by atoms with van der Waals surface area (Å²) in [5.74, 6) is 0. The quantitative estimate of drug-likeness (QED) is 0.792. The predicted octanol–water partition coefficient (Wildman–Crippen LogP) is 0.467. The summed E-state index contributed by atoms with van der Waals surface area (Å²) in [7, 11) is 4.13. The van der Waals surface area contributed by atoms with Crippen molar-refractivity contribution < 1.29 is 5.11 Å². The van der Waals surface area contributed by atoms with Gasteiger partial charge in [0.15, 0.2) is 0 Å². The van der Waals surface area contributed by atoms with Gasteiger partial charge in [0.2, 0.25) is 0 Å². The Morgan fingerprint density at radius 1 is 1.53 bits per heavy atom. The van der Waals surface area contributed by atoms with Crippen molar-refractivity contribution in [2.45, 2.75) is 32.0 Å². The summed E-state index contributed by atoms with van der Waals surface area (Å²) in [5.41, 5.74) is 0.990. The van der Waals surface area contributed by atoms with Crippen LogP contribution in [0.4, 0.5) is 5.00 Å². The van der Waals surface area contributed by atoms with E-state index in [1.165, 1.54) is 11.5 Å². The fraction of sp³-hybridized carbons (Fsp3) is 0.833. The molecule has 7 heteroatoms. The Labute approximate surface area is 118 Å². The zero-order valence-electron chi connectivity index (χ0n) is 11.8. The van der Waals surface area contributed by atoms with Gasteiger partial charge in [0.25, 0.3) is 0 Å². The first-order chi connectivity index (χ1) is 9.10. The number of likely N-dealkylation sites (N-methyl/N-ethyl adjacent to an activating group) is 1. The van der Waals surface area contributed by atoms with Gasteiger partial charge in [-0.25, -0.2) is 0 Å². The van der Waals surface area contributed by atoms with Crippen molar-refractivity contribution in [2.75, 3.05) is 39.0 Å². The van der Waals surface area contributed by atoms with Crippen LogP contribution in [-0.2, 0) is 6.54 Å². The Kier molecular flexibility index (Phi) is 5.09. The van der Waals surface area contributed by atoms with Crippen LogP contribution in [-0.4, -0.2) is 70.4 Å². The molecule has 1 fully saturated rings. The lowest BCUT2D eigenvalue weighted by Crippen LogP contribution is -2.37. The number of aliphatic hydroxyl groups is 1. The first-order valence-electron chi connectivity index (χ1n) is 6.72. The second kappa shape index (κ2) is 6.60. The van der Waals surface area contributed by atoms with Crippen molar-refractivity contribution >= 4 is 16.5 Å². The molecule has 2 unspecified atom stereocenters. The average Bonchev–Trinajstić information content (AvgIpc) is 2.88. The molecule has 1 saturated heterocycles. The predicted molar refractivity (Wildman–Crippen MR) is 77.4 cm³/mol. The highest BCUT2D eigenvalue weighted by Gasteiger charge is 2.32. The number of hydrogen-bond donors (Lipinski definition) is 2. The molecule has 1 aromatic heterocycles. The fourth-order valence-corrected chi connectivity index (χ4v) is 3.20. The zero-order valence-corrected chi connectivity index (χ0v) is 12.7. The molecule has 2 heterocycles. The third kappa shape index (κ3) is 3.85. The minimum atomic E-state index is -0.223. The maximum absolute atomic E-state index is 9.87. The Morgan fingerprint density at radius 2 is 2.32 bits per heavy atom. The smallest absolute Gasteiger partial charge is 0.134 e. The number of hydrogen-bond acceptors (Lipinski definition) is 7. The molecule has 1 aliphatic heterocycles. The molecule has 2 atom stereocenters. The van der Waals surface area contributed by atoms with E-state index in [1.54, 1.807) is 0 Å². The van der Waals surface area contributed by atoms with Gasteiger partial charge in [0, 0.05) is 43.8 Å². The molecule has 6 nitrogen and oxygen atoms in total. The van der Waals surface area contributed by atoms with E-state index in [4.69, 9.17) is 0 Å². The lowest BCUT2D eigenvalue weighted by atomic mass is 10.2. The molecule has 19 heavy (non-hydrogen) atoms. The van der Waals surface area contributed by atoms with Crippen LogP contribution in [0.25, 0.3) is 0 Å². The normalized spacial score (nSPS) is 24.3. The van der Waals surface area contributed by atoms with Gasteiger partial charge in [-0.05, 0) is 27.4 Å². The first-order valence-corrected chi connectivity index (χ1v) is 7.49. The molecule has 0 saturated carbocycles. The Balaban J connectivity index is 2.01. The minimum absolute atomic E-state index is 0.223. The summed E-state index contributed by atoms with van der Waals surface area (Å²) < 4.78 is 4.02. The summed E-state index contributed by atoms with van der Waals surface area (Å²) in [6, 6.07) is 0.390. The van der Waals surface area contributed by atoms with E-state index in [1.807, 2.05) is 0 Å². The van der Waals surface area contributed by atoms with Crippen molar-refractivity contribution in [3.8, 4) is 0 Å². The van der Waals surface area contributed by atoms with Crippen LogP contribution in [0.1, 0.15) is 19.0 Å². The van der Waals surface area contributed by atoms with Gasteiger partial charge >= 0.3 is 0 Å². The Hall–Kier alpha value is -0.760. The number of likely N-dealkylation sites (tertiary alicyclic amines) is 1. The third-order valence-electron chi connectivity index (χ3n) is 3.33. The highest BCUT2D eigenvalue weighted by atomic mass is 32.1. The largest absolute Gasteiger partial charge is 0.392 e. The number of anilines is 1. The van der Waals surface area contributed by atoms with E-state index >= 15 is 0 Å². The first kappa shape index (κ1) is 14.6. The number of nitrogens with one attached hydrogen (secondary N) is 1. The lowest BCUT2D eigenvalue weighted by molar-refractivity contribution is 0.168. The Morgan fingerprint density at radius 3 is 3.00 bits per heavy atom. The molecule has 1 aromatic rings. The van der Waals surface area contributed by atoms with Crippen LogP contribution in [0.2, 0.25) is 0 Å². The standard InChI is InChI=1S/C12H23N5OS/c1-4-13-12-11(14-15-19-12)8-17-7-10(18)5-9(17)6-16(2)3/h9-10,13,18H,4-8H2,1-3H3. The number of β-amino-alcohol motifs (C(OH)–C–C–N with tert-alkyl or cyclic N) is 1. The number of aromatic nitrogens is 2. The van der Waals surface area contributed by atoms with E-state index < -0.39 is 0 Å². The number of rotatable bonds is 6. The van der Waals surface area contributed by atoms with Crippen LogP contribution in [0.3, 0.4) is 0 Å². The van der Waals surface area contributed by atoms with Gasteiger partial charge < -0.3 is 15.3 Å². The molecule has 0 aliphatic carbocycles. The highest BCUT2D eigenvalue weighted by molar-refractivity contribution is 7.10. The maximum Gasteiger partial charge on any atom is 0.134 e. The molecule has 0 bridgehead atoms. The van der Waals surface area contributed by atoms with Crippen molar-refractivity contribution in [3.05, 3.63) is 5.69 Å². The van der Waals surface area contributed by atoms with Gasteiger partial charge in [-0.15, -0.1) is 5.10 Å². The fourth-order valence-electron chi connectivity index (χ4n) is 2.56. The van der Waals surface area contributed by atoms with Crippen molar-refractivity contribution in [1.82, 2.24) is 19.4 Å². The SMILES string of the molecule is CCNc1snnc1CN1CC(O)CC1CN(C)C. The van der Waals surface area contributed by atoms with Crippen LogP contribution in [0.5, 0.6) is 0 Å². The summed E-state index contributed by atoms with van der Waals surface area (Å²) >= 11 is 1.40. The summed E-state index contributed by atoms with van der Waals surface area (Å²) in [4.78, 5) is 4.47. The molecule has 0 aromatic carbocycles. The lowest BCUT2D eigenvalue weighted by Gasteiger charge is -2.26. The van der Waals surface area contributed by atoms with Gasteiger partial charge in [-0.3, -0.25) is 4.90 Å². The molecule has 0 radical (unpaired) electrons. The van der Waals surface area contributed by atoms with E-state index in [9.17, 15) is 5.11 Å². The van der Waals surface area contributed by atoms with Crippen molar-refractivity contribution in [3.63, 3.8) is 0 Å². The zero-order chi connectivity index (χ0) is 13.8. The van der Waals surface area contributed by atoms with E-state index in [0.29, 0.717) is 6.04 Å². The highest BCUT2D eigenvalue weighted by Crippen LogP contribution is 2.25.